The fourth-order valence-electron chi connectivity index (χ4n) is 3.12. The number of ether oxygens (including phenoxy) is 2. The van der Waals surface area contributed by atoms with E-state index in [9.17, 15) is 9.59 Å². The molecular weight excluding hydrogens is 429 g/mol. The van der Waals surface area contributed by atoms with Crippen molar-refractivity contribution in [2.75, 3.05) is 26.3 Å². The van der Waals surface area contributed by atoms with Crippen LogP contribution in [0, 0.1) is 6.92 Å². The van der Waals surface area contributed by atoms with Crippen LogP contribution in [0.1, 0.15) is 23.7 Å². The van der Waals surface area contributed by atoms with Crippen LogP contribution < -0.4 is 0 Å². The van der Waals surface area contributed by atoms with Crippen molar-refractivity contribution in [1.82, 2.24) is 14.7 Å². The van der Waals surface area contributed by atoms with Gasteiger partial charge in [-0.15, -0.1) is 0 Å². The van der Waals surface area contributed by atoms with E-state index < -0.39 is 5.97 Å². The maximum atomic E-state index is 12.2. The number of halogens is 2. The molecule has 2 aromatic rings. The van der Waals surface area contributed by atoms with Gasteiger partial charge in [0.15, 0.2) is 6.61 Å². The van der Waals surface area contributed by atoms with Crippen molar-refractivity contribution < 1.29 is 19.1 Å². The highest BCUT2D eigenvalue weighted by Gasteiger charge is 2.22. The Hall–Kier alpha value is -2.35. The number of aromatic nitrogens is 2. The van der Waals surface area contributed by atoms with Gasteiger partial charge in [-0.2, -0.15) is 5.10 Å². The Morgan fingerprint density at radius 3 is 2.83 bits per heavy atom. The van der Waals surface area contributed by atoms with E-state index >= 15 is 0 Å². The van der Waals surface area contributed by atoms with Crippen LogP contribution in [0.4, 0.5) is 0 Å². The van der Waals surface area contributed by atoms with Crippen molar-refractivity contribution in [3.63, 3.8) is 0 Å². The lowest BCUT2D eigenvalue weighted by molar-refractivity contribution is -0.151. The van der Waals surface area contributed by atoms with Crippen LogP contribution >= 0.6 is 23.2 Å². The van der Waals surface area contributed by atoms with Crippen molar-refractivity contribution in [2.24, 2.45) is 0 Å². The minimum absolute atomic E-state index is 0.0225. The molecule has 0 spiro atoms. The van der Waals surface area contributed by atoms with Crippen molar-refractivity contribution in [2.45, 2.75) is 26.5 Å². The van der Waals surface area contributed by atoms with Gasteiger partial charge in [0.1, 0.15) is 5.15 Å². The molecule has 1 fully saturated rings. The molecule has 1 amide bonds. The molecule has 1 unspecified atom stereocenters. The monoisotopic (exact) mass is 451 g/mol. The number of benzene rings is 1. The van der Waals surface area contributed by atoms with E-state index in [0.717, 1.165) is 5.56 Å². The fraction of sp³-hybridized carbons (Fsp3) is 0.381. The van der Waals surface area contributed by atoms with Crippen LogP contribution in [-0.4, -0.2) is 59.0 Å². The van der Waals surface area contributed by atoms with Crippen molar-refractivity contribution in [3.8, 4) is 0 Å². The smallest absolute Gasteiger partial charge is 0.331 e. The van der Waals surface area contributed by atoms with Gasteiger partial charge in [-0.1, -0.05) is 41.4 Å². The number of rotatable bonds is 6. The summed E-state index contributed by atoms with van der Waals surface area (Å²) in [6, 6.07) is 7.44. The first kappa shape index (κ1) is 22.3. The summed E-state index contributed by atoms with van der Waals surface area (Å²) in [6.45, 7) is 5.26. The van der Waals surface area contributed by atoms with Gasteiger partial charge >= 0.3 is 5.97 Å². The van der Waals surface area contributed by atoms with Crippen LogP contribution in [0.25, 0.3) is 6.08 Å². The van der Waals surface area contributed by atoms with Gasteiger partial charge in [0, 0.05) is 29.8 Å². The summed E-state index contributed by atoms with van der Waals surface area (Å²) in [7, 11) is 0. The predicted molar refractivity (Wildman–Crippen MR) is 115 cm³/mol. The second-order valence-electron chi connectivity index (χ2n) is 7.00. The normalized spacial score (nSPS) is 16.8. The second-order valence-corrected chi connectivity index (χ2v) is 7.77. The average molecular weight is 452 g/mol. The molecule has 0 radical (unpaired) electrons. The first-order valence-corrected chi connectivity index (χ1v) is 10.3. The summed E-state index contributed by atoms with van der Waals surface area (Å²) in [5.41, 5.74) is 2.15. The van der Waals surface area contributed by atoms with Gasteiger partial charge in [0.25, 0.3) is 5.91 Å². The van der Waals surface area contributed by atoms with E-state index in [1.54, 1.807) is 22.6 Å². The predicted octanol–water partition coefficient (Wildman–Crippen LogP) is 3.35. The zero-order valence-corrected chi connectivity index (χ0v) is 18.3. The maximum absolute atomic E-state index is 12.2. The summed E-state index contributed by atoms with van der Waals surface area (Å²) >= 11 is 12.6. The lowest BCUT2D eigenvalue weighted by Gasteiger charge is -2.30. The van der Waals surface area contributed by atoms with Gasteiger partial charge in [-0.25, -0.2) is 9.48 Å². The summed E-state index contributed by atoms with van der Waals surface area (Å²) in [5, 5.41) is 5.43. The van der Waals surface area contributed by atoms with Gasteiger partial charge in [0.05, 0.1) is 24.9 Å². The molecule has 1 atom stereocenters. The molecule has 1 aromatic heterocycles. The van der Waals surface area contributed by atoms with Crippen LogP contribution in [-0.2, 0) is 25.6 Å². The molecule has 0 aliphatic carbocycles. The van der Waals surface area contributed by atoms with E-state index in [1.807, 2.05) is 25.1 Å². The van der Waals surface area contributed by atoms with Crippen LogP contribution in [0.5, 0.6) is 0 Å². The molecule has 30 heavy (non-hydrogen) atoms. The molecule has 2 heterocycles. The topological polar surface area (TPSA) is 73.7 Å². The van der Waals surface area contributed by atoms with Gasteiger partial charge in [-0.05, 0) is 31.6 Å². The van der Waals surface area contributed by atoms with Crippen LogP contribution in [0.3, 0.4) is 0 Å². The Kier molecular flexibility index (Phi) is 7.53. The Balaban J connectivity index is 1.59. The highest BCUT2D eigenvalue weighted by atomic mass is 35.5. The molecule has 1 aromatic carbocycles. The zero-order chi connectivity index (χ0) is 21.7. The lowest BCUT2D eigenvalue weighted by atomic mass is 10.2. The molecule has 1 saturated heterocycles. The number of morpholine rings is 1. The highest BCUT2D eigenvalue weighted by molar-refractivity contribution is 6.32. The van der Waals surface area contributed by atoms with E-state index in [2.05, 4.69) is 5.10 Å². The number of carbonyl (C=O) groups is 2. The quantitative estimate of drug-likeness (QED) is 0.497. The summed E-state index contributed by atoms with van der Waals surface area (Å²) in [4.78, 5) is 25.8. The van der Waals surface area contributed by atoms with E-state index in [-0.39, 0.29) is 18.6 Å². The number of carbonyl (C=O) groups excluding carboxylic acids is 2. The summed E-state index contributed by atoms with van der Waals surface area (Å²) in [5.74, 6) is -0.868. The standard InChI is InChI=1S/C21H23Cl2N3O4/c1-14-11-25(9-10-29-14)19(27)13-30-20(28)8-7-17-15(2)24-26(21(17)23)12-16-5-3-4-6-18(16)22/h3-8,14H,9-13H2,1-2H3/b8-7+. The molecule has 1 aliphatic heterocycles. The maximum Gasteiger partial charge on any atom is 0.331 e. The van der Waals surface area contributed by atoms with Crippen molar-refractivity contribution in [1.29, 1.82) is 0 Å². The number of nitrogens with zero attached hydrogens (tertiary/aromatic N) is 3. The van der Waals surface area contributed by atoms with E-state index in [1.165, 1.54) is 12.2 Å². The third kappa shape index (κ3) is 5.62. The molecule has 0 saturated carbocycles. The van der Waals surface area contributed by atoms with Crippen molar-refractivity contribution >= 4 is 41.2 Å². The van der Waals surface area contributed by atoms with Gasteiger partial charge in [-0.3, -0.25) is 4.79 Å². The molecule has 1 aliphatic rings. The molecule has 3 rings (SSSR count). The Morgan fingerprint density at radius 1 is 1.33 bits per heavy atom. The molecule has 9 heteroatoms. The largest absolute Gasteiger partial charge is 0.452 e. The van der Waals surface area contributed by atoms with Gasteiger partial charge in [0.2, 0.25) is 0 Å². The number of amides is 1. The lowest BCUT2D eigenvalue weighted by Crippen LogP contribution is -2.46. The molecule has 160 valence electrons. The minimum atomic E-state index is -0.626. The highest BCUT2D eigenvalue weighted by Crippen LogP contribution is 2.24. The molecular formula is C21H23Cl2N3O4. The molecule has 0 bridgehead atoms. The Morgan fingerprint density at radius 2 is 2.10 bits per heavy atom. The Bertz CT molecular complexity index is 958. The average Bonchev–Trinajstić information content (AvgIpc) is 2.99. The number of hydrogen-bond donors (Lipinski definition) is 0. The zero-order valence-electron chi connectivity index (χ0n) is 16.8. The van der Waals surface area contributed by atoms with E-state index in [4.69, 9.17) is 32.7 Å². The number of hydrogen-bond acceptors (Lipinski definition) is 5. The Labute approximate surface area is 185 Å². The second kappa shape index (κ2) is 10.1. The van der Waals surface area contributed by atoms with Crippen LogP contribution in [0.2, 0.25) is 10.2 Å². The van der Waals surface area contributed by atoms with Crippen molar-refractivity contribution in [3.05, 3.63) is 57.3 Å². The SMILES string of the molecule is Cc1nn(Cc2ccccc2Cl)c(Cl)c1/C=C/C(=O)OCC(=O)N1CCOC(C)C1. The number of esters is 1. The fourth-order valence-corrected chi connectivity index (χ4v) is 3.61. The summed E-state index contributed by atoms with van der Waals surface area (Å²) in [6.07, 6.45) is 2.76. The third-order valence-electron chi connectivity index (χ3n) is 4.71. The molecule has 7 nitrogen and oxygen atoms in total. The minimum Gasteiger partial charge on any atom is -0.452 e. The van der Waals surface area contributed by atoms with Crippen LogP contribution in [0.15, 0.2) is 30.3 Å². The number of aryl methyl sites for hydroxylation is 1. The third-order valence-corrected chi connectivity index (χ3v) is 5.47. The van der Waals surface area contributed by atoms with Gasteiger partial charge < -0.3 is 14.4 Å². The molecule has 0 N–H and O–H groups in total. The van der Waals surface area contributed by atoms with E-state index in [0.29, 0.717) is 47.7 Å². The summed E-state index contributed by atoms with van der Waals surface area (Å²) < 4.78 is 12.1. The first-order valence-electron chi connectivity index (χ1n) is 9.55. The first-order chi connectivity index (χ1) is 14.3.